The number of amides is 1. The highest BCUT2D eigenvalue weighted by Gasteiger charge is 2.21. The van der Waals surface area contributed by atoms with E-state index in [0.717, 1.165) is 18.2 Å². The Morgan fingerprint density at radius 3 is 2.79 bits per heavy atom. The van der Waals surface area contributed by atoms with Crippen LogP contribution in [0.3, 0.4) is 0 Å². The van der Waals surface area contributed by atoms with E-state index in [1.807, 2.05) is 11.4 Å². The highest BCUT2D eigenvalue weighted by Crippen LogP contribution is 2.18. The van der Waals surface area contributed by atoms with E-state index < -0.39 is 11.2 Å². The van der Waals surface area contributed by atoms with Crippen molar-refractivity contribution in [2.45, 2.75) is 4.90 Å². The fourth-order valence-corrected chi connectivity index (χ4v) is 3.69. The molecule has 0 aliphatic carbocycles. The van der Waals surface area contributed by atoms with Crippen LogP contribution in [-0.2, 0) is 16.0 Å². The number of nitrogens with zero attached hydrogens (tertiary/aromatic N) is 3. The number of benzene rings is 1. The van der Waals surface area contributed by atoms with E-state index in [2.05, 4.69) is 21.7 Å². The van der Waals surface area contributed by atoms with Crippen LogP contribution in [0, 0.1) is 11.8 Å². The average molecular weight is 359 g/mol. The van der Waals surface area contributed by atoms with Gasteiger partial charge in [-0.3, -0.25) is 4.79 Å². The van der Waals surface area contributed by atoms with Crippen LogP contribution in [0.4, 0.5) is 5.13 Å². The van der Waals surface area contributed by atoms with Gasteiger partial charge in [-0.2, -0.15) is 0 Å². The standard InChI is InChI=1S/C17H17N3O2S2/c1-24(22)15-4-2-3-14(13-15)5-6-16(21)19-8-10-20(11-9-19)17-18-7-12-23-17/h2-4,7,12-13H,8-11H2,1H3. The maximum absolute atomic E-state index is 12.2. The number of hydrogen-bond acceptors (Lipinski definition) is 5. The lowest BCUT2D eigenvalue weighted by Crippen LogP contribution is -2.48. The van der Waals surface area contributed by atoms with Crippen LogP contribution >= 0.6 is 11.3 Å². The van der Waals surface area contributed by atoms with Crippen molar-refractivity contribution in [3.8, 4) is 11.8 Å². The van der Waals surface area contributed by atoms with Gasteiger partial charge in [0.25, 0.3) is 5.91 Å². The molecule has 1 atom stereocenters. The number of carbonyl (C=O) groups excluding carboxylic acids is 1. The molecule has 0 saturated carbocycles. The van der Waals surface area contributed by atoms with Crippen LogP contribution in [0.2, 0.25) is 0 Å². The Bertz CT molecular complexity index is 758. The van der Waals surface area contributed by atoms with Gasteiger partial charge >= 0.3 is 0 Å². The first-order chi connectivity index (χ1) is 11.6. The second kappa shape index (κ2) is 7.71. The van der Waals surface area contributed by atoms with E-state index in [-0.39, 0.29) is 5.91 Å². The van der Waals surface area contributed by atoms with Gasteiger partial charge in [0.15, 0.2) is 10.0 Å². The minimum absolute atomic E-state index is 0.170. The molecule has 1 fully saturated rings. The fraction of sp³-hybridized carbons (Fsp3) is 0.294. The Morgan fingerprint density at radius 2 is 2.12 bits per heavy atom. The van der Waals surface area contributed by atoms with Crippen molar-refractivity contribution in [3.05, 3.63) is 41.4 Å². The number of carbonyl (C=O) groups is 1. The fourth-order valence-electron chi connectivity index (χ4n) is 2.43. The third-order valence-electron chi connectivity index (χ3n) is 3.74. The molecule has 124 valence electrons. The first-order valence-corrected chi connectivity index (χ1v) is 9.96. The van der Waals surface area contributed by atoms with E-state index in [4.69, 9.17) is 0 Å². The van der Waals surface area contributed by atoms with E-state index in [0.29, 0.717) is 23.5 Å². The monoisotopic (exact) mass is 359 g/mol. The Hall–Kier alpha value is -2.01. The molecule has 1 unspecified atom stereocenters. The van der Waals surface area contributed by atoms with Crippen molar-refractivity contribution < 1.29 is 9.35 Å². The molecule has 1 aromatic heterocycles. The molecule has 2 heterocycles. The Labute approximate surface area is 148 Å². The number of piperazine rings is 1. The van der Waals surface area contributed by atoms with Crippen LogP contribution in [0.25, 0.3) is 0 Å². The lowest BCUT2D eigenvalue weighted by Gasteiger charge is -2.33. The van der Waals surface area contributed by atoms with E-state index in [1.54, 1.807) is 46.9 Å². The quantitative estimate of drug-likeness (QED) is 0.603. The molecule has 2 aromatic rings. The highest BCUT2D eigenvalue weighted by molar-refractivity contribution is 7.90. The molecule has 0 spiro atoms. The largest absolute Gasteiger partial charge is 0.612 e. The molecule has 1 aliphatic heterocycles. The number of thiazole rings is 1. The van der Waals surface area contributed by atoms with Crippen LogP contribution in [0.5, 0.6) is 0 Å². The van der Waals surface area contributed by atoms with Crippen LogP contribution in [0.1, 0.15) is 5.56 Å². The number of hydrogen-bond donors (Lipinski definition) is 0. The number of anilines is 1. The molecular formula is C17H17N3O2S2. The molecule has 5 nitrogen and oxygen atoms in total. The summed E-state index contributed by atoms with van der Waals surface area (Å²) >= 11 is 0.559. The topological polar surface area (TPSA) is 59.5 Å². The zero-order valence-corrected chi connectivity index (χ0v) is 14.9. The van der Waals surface area contributed by atoms with Crippen molar-refractivity contribution in [2.75, 3.05) is 37.3 Å². The predicted octanol–water partition coefficient (Wildman–Crippen LogP) is 1.58. The van der Waals surface area contributed by atoms with Crippen molar-refractivity contribution in [1.29, 1.82) is 0 Å². The summed E-state index contributed by atoms with van der Waals surface area (Å²) in [6, 6.07) is 7.17. The van der Waals surface area contributed by atoms with Crippen LogP contribution in [-0.4, -0.2) is 52.8 Å². The summed E-state index contributed by atoms with van der Waals surface area (Å²) in [4.78, 5) is 21.2. The van der Waals surface area contributed by atoms with Crippen molar-refractivity contribution in [1.82, 2.24) is 9.88 Å². The van der Waals surface area contributed by atoms with Crippen LogP contribution in [0.15, 0.2) is 40.7 Å². The van der Waals surface area contributed by atoms with Gasteiger partial charge < -0.3 is 14.4 Å². The third kappa shape index (κ3) is 4.09. The van der Waals surface area contributed by atoms with Gasteiger partial charge in [-0.15, -0.1) is 11.3 Å². The van der Waals surface area contributed by atoms with Crippen molar-refractivity contribution >= 4 is 33.6 Å². The molecule has 1 amide bonds. The zero-order chi connectivity index (χ0) is 16.9. The molecule has 0 N–H and O–H groups in total. The summed E-state index contributed by atoms with van der Waals surface area (Å²) in [6.07, 6.45) is 3.42. The SMILES string of the molecule is C[S+]([O-])c1cccc(C#CC(=O)N2CCN(c3nccs3)CC2)c1. The smallest absolute Gasteiger partial charge is 0.298 e. The second-order valence-electron chi connectivity index (χ2n) is 5.33. The van der Waals surface area contributed by atoms with Gasteiger partial charge in [0.05, 0.1) is 0 Å². The molecule has 1 aromatic carbocycles. The molecule has 3 rings (SSSR count). The Kier molecular flexibility index (Phi) is 5.41. The molecule has 24 heavy (non-hydrogen) atoms. The first kappa shape index (κ1) is 16.8. The van der Waals surface area contributed by atoms with Crippen molar-refractivity contribution in [2.24, 2.45) is 0 Å². The van der Waals surface area contributed by atoms with E-state index in [1.165, 1.54) is 0 Å². The summed E-state index contributed by atoms with van der Waals surface area (Å²) in [5.41, 5.74) is 0.706. The summed E-state index contributed by atoms with van der Waals surface area (Å²) in [5.74, 6) is 5.40. The third-order valence-corrected chi connectivity index (χ3v) is 5.49. The lowest BCUT2D eigenvalue weighted by atomic mass is 10.2. The van der Waals surface area contributed by atoms with Gasteiger partial charge in [-0.25, -0.2) is 4.98 Å². The predicted molar refractivity (Wildman–Crippen MR) is 96.6 cm³/mol. The Balaban J connectivity index is 1.60. The molecule has 7 heteroatoms. The van der Waals surface area contributed by atoms with E-state index in [9.17, 15) is 9.35 Å². The second-order valence-corrected chi connectivity index (χ2v) is 7.58. The lowest BCUT2D eigenvalue weighted by molar-refractivity contribution is -0.125. The van der Waals surface area contributed by atoms with Crippen LogP contribution < -0.4 is 4.90 Å². The summed E-state index contributed by atoms with van der Waals surface area (Å²) in [5, 5.41) is 2.95. The highest BCUT2D eigenvalue weighted by atomic mass is 32.2. The van der Waals surface area contributed by atoms with E-state index >= 15 is 0 Å². The average Bonchev–Trinajstić information content (AvgIpc) is 3.14. The maximum atomic E-state index is 12.2. The van der Waals surface area contributed by atoms with Gasteiger partial charge in [-0.1, -0.05) is 12.0 Å². The Morgan fingerprint density at radius 1 is 1.33 bits per heavy atom. The molecule has 1 saturated heterocycles. The summed E-state index contributed by atoms with van der Waals surface area (Å²) in [7, 11) is 0. The normalized spacial score (nSPS) is 15.6. The molecular weight excluding hydrogens is 342 g/mol. The zero-order valence-electron chi connectivity index (χ0n) is 13.3. The summed E-state index contributed by atoms with van der Waals surface area (Å²) in [6.45, 7) is 2.83. The minimum atomic E-state index is -1.05. The van der Waals surface area contributed by atoms with Gasteiger partial charge in [0.2, 0.25) is 0 Å². The number of rotatable bonds is 2. The van der Waals surface area contributed by atoms with Gasteiger partial charge in [-0.05, 0) is 23.3 Å². The van der Waals surface area contributed by atoms with Gasteiger partial charge in [0, 0.05) is 55.3 Å². The molecule has 0 bridgehead atoms. The summed E-state index contributed by atoms with van der Waals surface area (Å²) < 4.78 is 11.5. The first-order valence-electron chi connectivity index (χ1n) is 7.52. The minimum Gasteiger partial charge on any atom is -0.612 e. The van der Waals surface area contributed by atoms with Gasteiger partial charge in [0.1, 0.15) is 6.26 Å². The molecule has 0 radical (unpaired) electrons. The van der Waals surface area contributed by atoms with Crippen molar-refractivity contribution in [3.63, 3.8) is 0 Å². The number of aromatic nitrogens is 1. The maximum Gasteiger partial charge on any atom is 0.298 e. The molecule has 1 aliphatic rings.